The molecule has 0 atom stereocenters. The van der Waals surface area contributed by atoms with E-state index in [0.717, 1.165) is 19.4 Å². The number of nitrogens with one attached hydrogen (secondary N) is 1. The van der Waals surface area contributed by atoms with Gasteiger partial charge in [-0.25, -0.2) is 13.1 Å². The van der Waals surface area contributed by atoms with Crippen LogP contribution in [0.1, 0.15) is 32.3 Å². The quantitative estimate of drug-likeness (QED) is 0.568. The number of nitrogen functional groups attached to an aromatic ring is 1. The lowest BCUT2D eigenvalue weighted by atomic mass is 10.2. The molecule has 0 aliphatic heterocycles. The van der Waals surface area contributed by atoms with Gasteiger partial charge in [0.05, 0.1) is 5.69 Å². The summed E-state index contributed by atoms with van der Waals surface area (Å²) in [4.78, 5) is 2.44. The zero-order valence-corrected chi connectivity index (χ0v) is 14.2. The first kappa shape index (κ1) is 17.9. The molecule has 0 spiro atoms. The van der Waals surface area contributed by atoms with E-state index in [9.17, 15) is 8.42 Å². The summed E-state index contributed by atoms with van der Waals surface area (Å²) in [7, 11) is -1.45. The van der Waals surface area contributed by atoms with Crippen molar-refractivity contribution in [3.63, 3.8) is 0 Å². The number of rotatable bonds is 8. The molecule has 0 radical (unpaired) electrons. The zero-order chi connectivity index (χ0) is 16.0. The molecule has 120 valence electrons. The van der Waals surface area contributed by atoms with Gasteiger partial charge in [0.2, 0.25) is 10.0 Å². The largest absolute Gasteiger partial charge is 0.398 e. The minimum atomic E-state index is -3.53. The third kappa shape index (κ3) is 5.30. The van der Waals surface area contributed by atoms with Crippen molar-refractivity contribution in [3.8, 4) is 0 Å². The SMILES string of the molecule is Cc1cccc(N)c1S(=O)(=O)NCCCCN(C)C(C)C. The smallest absolute Gasteiger partial charge is 0.242 e. The van der Waals surface area contributed by atoms with E-state index in [0.29, 0.717) is 23.8 Å². The summed E-state index contributed by atoms with van der Waals surface area (Å²) >= 11 is 0. The van der Waals surface area contributed by atoms with Crippen molar-refractivity contribution in [2.75, 3.05) is 25.9 Å². The summed E-state index contributed by atoms with van der Waals surface area (Å²) in [5.41, 5.74) is 6.75. The van der Waals surface area contributed by atoms with E-state index in [1.54, 1.807) is 25.1 Å². The molecule has 0 aliphatic carbocycles. The lowest BCUT2D eigenvalue weighted by Gasteiger charge is -2.20. The van der Waals surface area contributed by atoms with Crippen LogP contribution in [0.4, 0.5) is 5.69 Å². The molecule has 0 aliphatic rings. The molecule has 0 saturated heterocycles. The van der Waals surface area contributed by atoms with E-state index in [2.05, 4.69) is 30.5 Å². The van der Waals surface area contributed by atoms with Gasteiger partial charge < -0.3 is 10.6 Å². The van der Waals surface area contributed by atoms with E-state index in [4.69, 9.17) is 5.73 Å². The summed E-state index contributed by atoms with van der Waals surface area (Å²) < 4.78 is 27.2. The van der Waals surface area contributed by atoms with Gasteiger partial charge in [0.25, 0.3) is 0 Å². The summed E-state index contributed by atoms with van der Waals surface area (Å²) in [6.07, 6.45) is 1.77. The third-order valence-electron chi connectivity index (χ3n) is 3.62. The molecule has 1 rings (SSSR count). The van der Waals surface area contributed by atoms with Gasteiger partial charge in [0.15, 0.2) is 0 Å². The zero-order valence-electron chi connectivity index (χ0n) is 13.4. The number of sulfonamides is 1. The topological polar surface area (TPSA) is 75.4 Å². The Bertz CT molecular complexity index is 536. The fraction of sp³-hybridized carbons (Fsp3) is 0.600. The van der Waals surface area contributed by atoms with Gasteiger partial charge in [-0.2, -0.15) is 0 Å². The van der Waals surface area contributed by atoms with Crippen LogP contribution in [0.15, 0.2) is 23.1 Å². The van der Waals surface area contributed by atoms with Crippen molar-refractivity contribution in [1.29, 1.82) is 0 Å². The van der Waals surface area contributed by atoms with E-state index < -0.39 is 10.0 Å². The second-order valence-electron chi connectivity index (χ2n) is 5.67. The van der Waals surface area contributed by atoms with Gasteiger partial charge in [-0.1, -0.05) is 12.1 Å². The molecule has 6 heteroatoms. The third-order valence-corrected chi connectivity index (χ3v) is 5.30. The molecule has 0 unspecified atom stereocenters. The Morgan fingerprint density at radius 2 is 1.95 bits per heavy atom. The van der Waals surface area contributed by atoms with Crippen LogP contribution in [0.2, 0.25) is 0 Å². The predicted molar refractivity (Wildman–Crippen MR) is 87.8 cm³/mol. The maximum atomic E-state index is 12.3. The molecule has 0 aromatic heterocycles. The monoisotopic (exact) mass is 313 g/mol. The minimum Gasteiger partial charge on any atom is -0.398 e. The summed E-state index contributed by atoms with van der Waals surface area (Å²) in [6.45, 7) is 7.43. The molecule has 0 saturated carbocycles. The first-order valence-electron chi connectivity index (χ1n) is 7.30. The standard InChI is InChI=1S/C15H27N3O2S/c1-12(2)18(4)11-6-5-10-17-21(19,20)15-13(3)8-7-9-14(15)16/h7-9,12,17H,5-6,10-11,16H2,1-4H3. The van der Waals surface area contributed by atoms with Gasteiger partial charge >= 0.3 is 0 Å². The second-order valence-corrected chi connectivity index (χ2v) is 7.38. The molecule has 21 heavy (non-hydrogen) atoms. The van der Waals surface area contributed by atoms with E-state index >= 15 is 0 Å². The molecule has 0 bridgehead atoms. The minimum absolute atomic E-state index is 0.198. The average molecular weight is 313 g/mol. The summed E-state index contributed by atoms with van der Waals surface area (Å²) in [5.74, 6) is 0. The van der Waals surface area contributed by atoms with Crippen LogP contribution in [-0.4, -0.2) is 39.5 Å². The van der Waals surface area contributed by atoms with Crippen LogP contribution < -0.4 is 10.5 Å². The Morgan fingerprint density at radius 1 is 1.29 bits per heavy atom. The second kappa shape index (κ2) is 7.77. The van der Waals surface area contributed by atoms with Crippen molar-refractivity contribution in [1.82, 2.24) is 9.62 Å². The van der Waals surface area contributed by atoms with Gasteiger partial charge in [0, 0.05) is 12.6 Å². The number of hydrogen-bond acceptors (Lipinski definition) is 4. The van der Waals surface area contributed by atoms with Crippen molar-refractivity contribution in [3.05, 3.63) is 23.8 Å². The molecular formula is C15H27N3O2S. The number of nitrogens with zero attached hydrogens (tertiary/aromatic N) is 1. The van der Waals surface area contributed by atoms with Gasteiger partial charge in [0.1, 0.15) is 4.90 Å². The van der Waals surface area contributed by atoms with Crippen LogP contribution in [0, 0.1) is 6.92 Å². The van der Waals surface area contributed by atoms with Crippen LogP contribution in [0.25, 0.3) is 0 Å². The van der Waals surface area contributed by atoms with Gasteiger partial charge in [-0.15, -0.1) is 0 Å². The van der Waals surface area contributed by atoms with Crippen LogP contribution in [-0.2, 0) is 10.0 Å². The number of anilines is 1. The lowest BCUT2D eigenvalue weighted by molar-refractivity contribution is 0.268. The highest BCUT2D eigenvalue weighted by Crippen LogP contribution is 2.21. The van der Waals surface area contributed by atoms with Gasteiger partial charge in [-0.05, 0) is 58.8 Å². The average Bonchev–Trinajstić information content (AvgIpc) is 2.37. The normalized spacial score (nSPS) is 12.3. The van der Waals surface area contributed by atoms with Crippen LogP contribution in [0.5, 0.6) is 0 Å². The van der Waals surface area contributed by atoms with Crippen molar-refractivity contribution in [2.24, 2.45) is 0 Å². The molecule has 5 nitrogen and oxygen atoms in total. The Hall–Kier alpha value is -1.11. The Kier molecular flexibility index (Phi) is 6.64. The van der Waals surface area contributed by atoms with Crippen LogP contribution >= 0.6 is 0 Å². The Balaban J connectivity index is 2.51. The first-order chi connectivity index (χ1) is 9.75. The lowest BCUT2D eigenvalue weighted by Crippen LogP contribution is -2.29. The van der Waals surface area contributed by atoms with Gasteiger partial charge in [-0.3, -0.25) is 0 Å². The predicted octanol–water partition coefficient (Wildman–Crippen LogP) is 1.98. The maximum Gasteiger partial charge on any atom is 0.242 e. The van der Waals surface area contributed by atoms with Crippen molar-refractivity contribution < 1.29 is 8.42 Å². The highest BCUT2D eigenvalue weighted by atomic mass is 32.2. The molecule has 3 N–H and O–H groups in total. The van der Waals surface area contributed by atoms with Crippen molar-refractivity contribution >= 4 is 15.7 Å². The Morgan fingerprint density at radius 3 is 2.52 bits per heavy atom. The summed E-state index contributed by atoms with van der Waals surface area (Å²) in [5, 5.41) is 0. The molecule has 0 amide bonds. The number of benzene rings is 1. The highest BCUT2D eigenvalue weighted by molar-refractivity contribution is 7.89. The fourth-order valence-corrected chi connectivity index (χ4v) is 3.49. The number of hydrogen-bond donors (Lipinski definition) is 2. The molecule has 1 aromatic carbocycles. The molecule has 0 fully saturated rings. The number of nitrogens with two attached hydrogens (primary N) is 1. The number of unbranched alkanes of at least 4 members (excludes halogenated alkanes) is 1. The molecule has 0 heterocycles. The highest BCUT2D eigenvalue weighted by Gasteiger charge is 2.19. The Labute approximate surface area is 128 Å². The van der Waals surface area contributed by atoms with Crippen molar-refractivity contribution in [2.45, 2.75) is 44.6 Å². The molecule has 1 aromatic rings. The maximum absolute atomic E-state index is 12.3. The first-order valence-corrected chi connectivity index (χ1v) is 8.79. The fourth-order valence-electron chi connectivity index (χ4n) is 2.07. The molecular weight excluding hydrogens is 286 g/mol. The van der Waals surface area contributed by atoms with Crippen LogP contribution in [0.3, 0.4) is 0 Å². The van der Waals surface area contributed by atoms with E-state index in [-0.39, 0.29) is 4.90 Å². The number of aryl methyl sites for hydroxylation is 1. The van der Waals surface area contributed by atoms with E-state index in [1.807, 2.05) is 0 Å². The summed E-state index contributed by atoms with van der Waals surface area (Å²) in [6, 6.07) is 5.63. The van der Waals surface area contributed by atoms with E-state index in [1.165, 1.54) is 0 Å².